The van der Waals surface area contributed by atoms with E-state index >= 15 is 0 Å². The second-order valence-corrected chi connectivity index (χ2v) is 9.52. The lowest BCUT2D eigenvalue weighted by atomic mass is 10.2. The van der Waals surface area contributed by atoms with E-state index in [4.69, 9.17) is 4.74 Å². The van der Waals surface area contributed by atoms with Gasteiger partial charge in [0.15, 0.2) is 0 Å². The predicted molar refractivity (Wildman–Crippen MR) is 116 cm³/mol. The molecule has 1 aliphatic heterocycles. The van der Waals surface area contributed by atoms with Crippen LogP contribution in [0.5, 0.6) is 0 Å². The number of aromatic nitrogens is 2. The van der Waals surface area contributed by atoms with Gasteiger partial charge in [0.25, 0.3) is 10.0 Å². The van der Waals surface area contributed by atoms with Gasteiger partial charge >= 0.3 is 5.69 Å². The van der Waals surface area contributed by atoms with Gasteiger partial charge in [0.2, 0.25) is 0 Å². The Balaban J connectivity index is 1.85. The molecule has 2 aromatic carbocycles. The van der Waals surface area contributed by atoms with Gasteiger partial charge in [-0.3, -0.25) is 13.9 Å². The fraction of sp³-hybridized carbons (Fsp3) is 0.316. The third-order valence-electron chi connectivity index (χ3n) is 5.11. The molecule has 1 saturated heterocycles. The average molecular weight is 481 g/mol. The van der Waals surface area contributed by atoms with Gasteiger partial charge in [-0.2, -0.15) is 0 Å². The van der Waals surface area contributed by atoms with E-state index in [1.165, 1.54) is 16.7 Å². The molecule has 0 bridgehead atoms. The van der Waals surface area contributed by atoms with E-state index in [0.717, 1.165) is 15.7 Å². The second kappa shape index (κ2) is 7.51. The van der Waals surface area contributed by atoms with Gasteiger partial charge in [0.1, 0.15) is 0 Å². The van der Waals surface area contributed by atoms with Crippen LogP contribution in [-0.4, -0.2) is 43.9 Å². The first-order valence-electron chi connectivity index (χ1n) is 9.08. The number of nitrogens with one attached hydrogen (secondary N) is 1. The number of benzene rings is 2. The summed E-state index contributed by atoms with van der Waals surface area (Å²) in [5.41, 5.74) is 2.39. The van der Waals surface area contributed by atoms with E-state index in [0.29, 0.717) is 37.5 Å². The highest BCUT2D eigenvalue weighted by atomic mass is 79.9. The number of ether oxygens (including phenoxy) is 1. The Kier molecular flexibility index (Phi) is 5.18. The number of aryl methyl sites for hydroxylation is 2. The lowest BCUT2D eigenvalue weighted by Gasteiger charge is -2.30. The minimum Gasteiger partial charge on any atom is -0.378 e. The number of hydrogen-bond acceptors (Lipinski definition) is 5. The van der Waals surface area contributed by atoms with Crippen LogP contribution in [0, 0.1) is 0 Å². The summed E-state index contributed by atoms with van der Waals surface area (Å²) in [5.74, 6) is 0. The van der Waals surface area contributed by atoms with Crippen molar-refractivity contribution in [2.75, 3.05) is 35.9 Å². The molecular weight excluding hydrogens is 460 g/mol. The summed E-state index contributed by atoms with van der Waals surface area (Å²) < 4.78 is 38.0. The Hall–Kier alpha value is -2.30. The maximum atomic E-state index is 13.0. The first kappa shape index (κ1) is 20.0. The summed E-state index contributed by atoms with van der Waals surface area (Å²) in [6, 6.07) is 10.0. The molecule has 10 heteroatoms. The molecule has 29 heavy (non-hydrogen) atoms. The maximum absolute atomic E-state index is 13.0. The van der Waals surface area contributed by atoms with Gasteiger partial charge in [-0.15, -0.1) is 0 Å². The molecule has 8 nitrogen and oxygen atoms in total. The molecule has 0 saturated carbocycles. The maximum Gasteiger partial charge on any atom is 0.328 e. The highest BCUT2D eigenvalue weighted by Crippen LogP contribution is 2.33. The predicted octanol–water partition coefficient (Wildman–Crippen LogP) is 2.28. The molecule has 0 radical (unpaired) electrons. The normalized spacial score (nSPS) is 15.1. The summed E-state index contributed by atoms with van der Waals surface area (Å²) in [6.45, 7) is 2.40. The fourth-order valence-corrected chi connectivity index (χ4v) is 4.83. The molecular formula is C19H21BrN4O4S. The average Bonchev–Trinajstić information content (AvgIpc) is 2.92. The molecule has 154 valence electrons. The molecule has 4 rings (SSSR count). The number of sulfonamides is 1. The summed E-state index contributed by atoms with van der Waals surface area (Å²) in [6.07, 6.45) is 0. The number of anilines is 2. The third-order valence-corrected chi connectivity index (χ3v) is 7.02. The van der Waals surface area contributed by atoms with Gasteiger partial charge in [-0.05, 0) is 36.4 Å². The zero-order valence-corrected chi connectivity index (χ0v) is 18.5. The van der Waals surface area contributed by atoms with Crippen molar-refractivity contribution in [1.82, 2.24) is 9.13 Å². The molecule has 0 aliphatic carbocycles. The molecule has 0 amide bonds. The Morgan fingerprint density at radius 2 is 1.59 bits per heavy atom. The number of imidazole rings is 1. The molecule has 0 unspecified atom stereocenters. The number of fused-ring (bicyclic) bond motifs is 1. The van der Waals surface area contributed by atoms with E-state index in [-0.39, 0.29) is 10.6 Å². The van der Waals surface area contributed by atoms with Crippen LogP contribution < -0.4 is 15.3 Å². The van der Waals surface area contributed by atoms with Crippen LogP contribution >= 0.6 is 15.9 Å². The minimum absolute atomic E-state index is 0.163. The van der Waals surface area contributed by atoms with Crippen LogP contribution in [0.25, 0.3) is 11.0 Å². The van der Waals surface area contributed by atoms with Gasteiger partial charge < -0.3 is 9.64 Å². The van der Waals surface area contributed by atoms with Crippen LogP contribution in [0.3, 0.4) is 0 Å². The van der Waals surface area contributed by atoms with E-state index in [1.807, 2.05) is 6.07 Å². The Morgan fingerprint density at radius 3 is 2.21 bits per heavy atom. The van der Waals surface area contributed by atoms with E-state index in [9.17, 15) is 13.2 Å². The number of hydrogen-bond donors (Lipinski definition) is 1. The van der Waals surface area contributed by atoms with E-state index in [2.05, 4.69) is 25.6 Å². The minimum atomic E-state index is -3.80. The Bertz CT molecular complexity index is 1230. The molecule has 0 spiro atoms. The SMILES string of the molecule is Cn1c(=O)n(C)c2cc(N3CCOCC3)c(NS(=O)(=O)c3ccc(Br)cc3)cc21. The molecule has 2 heterocycles. The lowest BCUT2D eigenvalue weighted by molar-refractivity contribution is 0.123. The van der Waals surface area contributed by atoms with Crippen LogP contribution in [0.15, 0.2) is 50.6 Å². The van der Waals surface area contributed by atoms with Crippen molar-refractivity contribution >= 4 is 48.4 Å². The molecule has 0 atom stereocenters. The van der Waals surface area contributed by atoms with Crippen LogP contribution in [-0.2, 0) is 28.9 Å². The number of halogens is 1. The zero-order chi connectivity index (χ0) is 20.8. The molecule has 1 N–H and O–H groups in total. The van der Waals surface area contributed by atoms with Crippen molar-refractivity contribution < 1.29 is 13.2 Å². The quantitative estimate of drug-likeness (QED) is 0.618. The first-order chi connectivity index (χ1) is 13.8. The highest BCUT2D eigenvalue weighted by Gasteiger charge is 2.22. The van der Waals surface area contributed by atoms with Crippen LogP contribution in [0.4, 0.5) is 11.4 Å². The third kappa shape index (κ3) is 3.67. The van der Waals surface area contributed by atoms with Gasteiger partial charge in [-0.25, -0.2) is 13.2 Å². The monoisotopic (exact) mass is 480 g/mol. The van der Waals surface area contributed by atoms with Gasteiger partial charge in [0, 0.05) is 31.7 Å². The molecule has 1 aliphatic rings. The highest BCUT2D eigenvalue weighted by molar-refractivity contribution is 9.10. The number of nitrogens with zero attached hydrogens (tertiary/aromatic N) is 3. The number of rotatable bonds is 4. The Labute approximate surface area is 176 Å². The van der Waals surface area contributed by atoms with Crippen molar-refractivity contribution in [2.45, 2.75) is 4.90 Å². The van der Waals surface area contributed by atoms with E-state index in [1.54, 1.807) is 36.9 Å². The summed E-state index contributed by atoms with van der Waals surface area (Å²) in [4.78, 5) is 14.6. The topological polar surface area (TPSA) is 85.6 Å². The van der Waals surface area contributed by atoms with E-state index < -0.39 is 10.0 Å². The summed E-state index contributed by atoms with van der Waals surface area (Å²) in [5, 5.41) is 0. The van der Waals surface area contributed by atoms with Gasteiger partial charge in [0.05, 0.1) is 40.5 Å². The van der Waals surface area contributed by atoms with Gasteiger partial charge in [-0.1, -0.05) is 15.9 Å². The Morgan fingerprint density at radius 1 is 1.00 bits per heavy atom. The van der Waals surface area contributed by atoms with Crippen molar-refractivity contribution in [3.63, 3.8) is 0 Å². The largest absolute Gasteiger partial charge is 0.378 e. The van der Waals surface area contributed by atoms with Crippen molar-refractivity contribution in [3.8, 4) is 0 Å². The van der Waals surface area contributed by atoms with Crippen molar-refractivity contribution in [1.29, 1.82) is 0 Å². The lowest BCUT2D eigenvalue weighted by Crippen LogP contribution is -2.36. The molecule has 3 aromatic rings. The molecule has 1 aromatic heterocycles. The molecule has 1 fully saturated rings. The fourth-order valence-electron chi connectivity index (χ4n) is 3.50. The summed E-state index contributed by atoms with van der Waals surface area (Å²) >= 11 is 3.32. The standard InChI is InChI=1S/C19H21BrN4O4S/c1-22-17-11-15(21-29(26,27)14-5-3-13(20)4-6-14)16(24-7-9-28-10-8-24)12-18(17)23(2)19(22)25/h3-6,11-12,21H,7-10H2,1-2H3. The smallest absolute Gasteiger partial charge is 0.328 e. The summed E-state index contributed by atoms with van der Waals surface area (Å²) in [7, 11) is -0.419. The zero-order valence-electron chi connectivity index (χ0n) is 16.1. The van der Waals surface area contributed by atoms with Crippen molar-refractivity contribution in [2.24, 2.45) is 14.1 Å². The van der Waals surface area contributed by atoms with Crippen LogP contribution in [0.2, 0.25) is 0 Å². The van der Waals surface area contributed by atoms with Crippen molar-refractivity contribution in [3.05, 3.63) is 51.4 Å². The number of morpholine rings is 1. The van der Waals surface area contributed by atoms with Crippen LogP contribution in [0.1, 0.15) is 0 Å². The second-order valence-electron chi connectivity index (χ2n) is 6.92. The first-order valence-corrected chi connectivity index (χ1v) is 11.4.